The van der Waals surface area contributed by atoms with E-state index in [0.717, 1.165) is 42.0 Å². The normalized spacial score (nSPS) is 16.7. The van der Waals surface area contributed by atoms with Crippen molar-refractivity contribution < 1.29 is 9.53 Å². The van der Waals surface area contributed by atoms with Crippen molar-refractivity contribution in [2.24, 2.45) is 0 Å². The topological polar surface area (TPSA) is 80.2 Å². The Morgan fingerprint density at radius 2 is 2.07 bits per heavy atom. The highest BCUT2D eigenvalue weighted by Crippen LogP contribution is 2.33. The van der Waals surface area contributed by atoms with E-state index in [1.807, 2.05) is 17.0 Å². The largest absolute Gasteiger partial charge is 0.481 e. The minimum absolute atomic E-state index is 0.101. The van der Waals surface area contributed by atoms with Crippen LogP contribution in [0.15, 0.2) is 18.5 Å². The molecule has 3 heterocycles. The average Bonchev–Trinajstić information content (AvgIpc) is 3.34. The summed E-state index contributed by atoms with van der Waals surface area (Å²) < 4.78 is 5.49. The van der Waals surface area contributed by atoms with Gasteiger partial charge in [0.25, 0.3) is 5.91 Å². The summed E-state index contributed by atoms with van der Waals surface area (Å²) in [5.74, 6) is 1.42. The van der Waals surface area contributed by atoms with Crippen LogP contribution in [0.2, 0.25) is 0 Å². The van der Waals surface area contributed by atoms with E-state index in [2.05, 4.69) is 27.2 Å². The Bertz CT molecular complexity index is 848. The number of nitrogens with one attached hydrogen (secondary N) is 1. The molecule has 27 heavy (non-hydrogen) atoms. The van der Waals surface area contributed by atoms with Crippen molar-refractivity contribution >= 4 is 11.7 Å². The van der Waals surface area contributed by atoms with E-state index in [0.29, 0.717) is 30.6 Å². The zero-order chi connectivity index (χ0) is 18.8. The maximum atomic E-state index is 12.9. The molecule has 1 fully saturated rings. The SMILES string of the molecule is CCc1cc(NCc2cc3c(nc2OC)CN(C2CCCC2)C3=O)ncn1. The van der Waals surface area contributed by atoms with E-state index in [9.17, 15) is 4.79 Å². The molecule has 0 saturated heterocycles. The third-order valence-corrected chi connectivity index (χ3v) is 5.46. The number of aryl methyl sites for hydroxylation is 1. The molecule has 1 saturated carbocycles. The van der Waals surface area contributed by atoms with E-state index < -0.39 is 0 Å². The van der Waals surface area contributed by atoms with Crippen LogP contribution in [0.5, 0.6) is 5.88 Å². The highest BCUT2D eigenvalue weighted by Gasteiger charge is 2.35. The smallest absolute Gasteiger partial charge is 0.256 e. The van der Waals surface area contributed by atoms with Crippen LogP contribution < -0.4 is 10.1 Å². The van der Waals surface area contributed by atoms with Crippen LogP contribution in [-0.4, -0.2) is 38.9 Å². The molecule has 1 aliphatic carbocycles. The van der Waals surface area contributed by atoms with Crippen LogP contribution in [0, 0.1) is 0 Å². The third-order valence-electron chi connectivity index (χ3n) is 5.46. The van der Waals surface area contributed by atoms with Gasteiger partial charge in [0.2, 0.25) is 5.88 Å². The maximum absolute atomic E-state index is 12.9. The van der Waals surface area contributed by atoms with Gasteiger partial charge < -0.3 is 15.0 Å². The molecule has 142 valence electrons. The molecular formula is C20H25N5O2. The van der Waals surface area contributed by atoms with E-state index in [1.54, 1.807) is 13.4 Å². The minimum atomic E-state index is 0.101. The number of fused-ring (bicyclic) bond motifs is 1. The molecule has 2 aromatic rings. The summed E-state index contributed by atoms with van der Waals surface area (Å²) in [7, 11) is 1.61. The first-order valence-corrected chi connectivity index (χ1v) is 9.62. The molecule has 0 spiro atoms. The molecule has 7 nitrogen and oxygen atoms in total. The van der Waals surface area contributed by atoms with Crippen molar-refractivity contribution in [2.45, 2.75) is 58.2 Å². The van der Waals surface area contributed by atoms with Crippen LogP contribution in [0.3, 0.4) is 0 Å². The zero-order valence-corrected chi connectivity index (χ0v) is 15.9. The lowest BCUT2D eigenvalue weighted by Gasteiger charge is -2.22. The number of carbonyl (C=O) groups excluding carboxylic acids is 1. The van der Waals surface area contributed by atoms with Gasteiger partial charge in [-0.1, -0.05) is 19.8 Å². The second kappa shape index (κ2) is 7.50. The fraction of sp³-hybridized carbons (Fsp3) is 0.500. The quantitative estimate of drug-likeness (QED) is 0.845. The summed E-state index contributed by atoms with van der Waals surface area (Å²) in [6.45, 7) is 3.14. The van der Waals surface area contributed by atoms with Crippen molar-refractivity contribution in [3.05, 3.63) is 41.0 Å². The second-order valence-electron chi connectivity index (χ2n) is 7.12. The number of nitrogens with zero attached hydrogens (tertiary/aromatic N) is 4. The first-order valence-electron chi connectivity index (χ1n) is 9.62. The Morgan fingerprint density at radius 3 is 2.81 bits per heavy atom. The predicted molar refractivity (Wildman–Crippen MR) is 102 cm³/mol. The molecule has 0 aromatic carbocycles. The Labute approximate surface area is 159 Å². The van der Waals surface area contributed by atoms with Crippen molar-refractivity contribution in [3.63, 3.8) is 0 Å². The summed E-state index contributed by atoms with van der Waals surface area (Å²) in [4.78, 5) is 28.0. The Hall–Kier alpha value is -2.70. The molecule has 0 bridgehead atoms. The summed E-state index contributed by atoms with van der Waals surface area (Å²) in [5.41, 5.74) is 3.36. The monoisotopic (exact) mass is 367 g/mol. The molecule has 0 unspecified atom stereocenters. The third kappa shape index (κ3) is 3.46. The molecule has 2 aliphatic rings. The lowest BCUT2D eigenvalue weighted by atomic mass is 10.1. The summed E-state index contributed by atoms with van der Waals surface area (Å²) in [6, 6.07) is 4.21. The van der Waals surface area contributed by atoms with Gasteiger partial charge in [-0.3, -0.25) is 4.79 Å². The van der Waals surface area contributed by atoms with E-state index in [1.165, 1.54) is 12.8 Å². The molecule has 4 rings (SSSR count). The van der Waals surface area contributed by atoms with Gasteiger partial charge in [0.05, 0.1) is 24.9 Å². The predicted octanol–water partition coefficient (Wildman–Crippen LogP) is 2.95. The average molecular weight is 367 g/mol. The van der Waals surface area contributed by atoms with Crippen molar-refractivity contribution in [2.75, 3.05) is 12.4 Å². The number of amides is 1. The van der Waals surface area contributed by atoms with Gasteiger partial charge in [-0.2, -0.15) is 0 Å². The second-order valence-corrected chi connectivity index (χ2v) is 7.12. The standard InChI is InChI=1S/C20H25N5O2/c1-3-14-9-18(23-12-22-14)21-10-13-8-16-17(24-19(13)27-2)11-25(20(16)26)15-6-4-5-7-15/h8-9,12,15H,3-7,10-11H2,1-2H3,(H,21,22,23). The van der Waals surface area contributed by atoms with Crippen LogP contribution in [-0.2, 0) is 19.5 Å². The van der Waals surface area contributed by atoms with Crippen LogP contribution >= 0.6 is 0 Å². The molecule has 2 aromatic heterocycles. The molecule has 0 atom stereocenters. The number of aromatic nitrogens is 3. The van der Waals surface area contributed by atoms with E-state index in [4.69, 9.17) is 4.74 Å². The molecule has 1 N–H and O–H groups in total. The highest BCUT2D eigenvalue weighted by molar-refractivity contribution is 5.98. The van der Waals surface area contributed by atoms with Gasteiger partial charge in [0.15, 0.2) is 0 Å². The van der Waals surface area contributed by atoms with Crippen LogP contribution in [0.25, 0.3) is 0 Å². The number of ether oxygens (including phenoxy) is 1. The van der Waals surface area contributed by atoms with Crippen LogP contribution in [0.1, 0.15) is 59.9 Å². The first-order chi connectivity index (χ1) is 13.2. The number of anilines is 1. The number of pyridine rings is 1. The summed E-state index contributed by atoms with van der Waals surface area (Å²) in [5, 5.41) is 3.29. The summed E-state index contributed by atoms with van der Waals surface area (Å²) in [6.07, 6.45) is 7.01. The highest BCUT2D eigenvalue weighted by atomic mass is 16.5. The number of carbonyl (C=O) groups is 1. The number of rotatable bonds is 6. The first kappa shape index (κ1) is 17.7. The van der Waals surface area contributed by atoms with Crippen LogP contribution in [0.4, 0.5) is 5.82 Å². The lowest BCUT2D eigenvalue weighted by Crippen LogP contribution is -2.33. The summed E-state index contributed by atoms with van der Waals surface area (Å²) >= 11 is 0. The Morgan fingerprint density at radius 1 is 1.26 bits per heavy atom. The van der Waals surface area contributed by atoms with Crippen molar-refractivity contribution in [1.29, 1.82) is 0 Å². The number of methoxy groups -OCH3 is 1. The van der Waals surface area contributed by atoms with Crippen molar-refractivity contribution in [1.82, 2.24) is 19.9 Å². The fourth-order valence-electron chi connectivity index (χ4n) is 3.96. The van der Waals surface area contributed by atoms with Gasteiger partial charge >= 0.3 is 0 Å². The van der Waals surface area contributed by atoms with E-state index >= 15 is 0 Å². The van der Waals surface area contributed by atoms with E-state index in [-0.39, 0.29) is 5.91 Å². The zero-order valence-electron chi connectivity index (χ0n) is 15.9. The maximum Gasteiger partial charge on any atom is 0.256 e. The van der Waals surface area contributed by atoms with Gasteiger partial charge in [-0.15, -0.1) is 0 Å². The molecule has 7 heteroatoms. The van der Waals surface area contributed by atoms with Gasteiger partial charge in [0, 0.05) is 29.9 Å². The number of hydrogen-bond acceptors (Lipinski definition) is 6. The molecule has 0 radical (unpaired) electrons. The van der Waals surface area contributed by atoms with Gasteiger partial charge in [0.1, 0.15) is 12.1 Å². The minimum Gasteiger partial charge on any atom is -0.481 e. The molecular weight excluding hydrogens is 342 g/mol. The lowest BCUT2D eigenvalue weighted by molar-refractivity contribution is 0.0706. The van der Waals surface area contributed by atoms with Crippen molar-refractivity contribution in [3.8, 4) is 5.88 Å². The Balaban J connectivity index is 1.55. The molecule has 1 aliphatic heterocycles. The fourth-order valence-corrected chi connectivity index (χ4v) is 3.96. The number of hydrogen-bond donors (Lipinski definition) is 1. The van der Waals surface area contributed by atoms with Gasteiger partial charge in [-0.25, -0.2) is 15.0 Å². The Kier molecular flexibility index (Phi) is 4.92. The molecule has 1 amide bonds. The van der Waals surface area contributed by atoms with Gasteiger partial charge in [-0.05, 0) is 25.3 Å².